The van der Waals surface area contributed by atoms with Gasteiger partial charge in [0.15, 0.2) is 0 Å². The molecule has 3 heteroatoms. The number of aryl methyl sites for hydroxylation is 1. The Hall–Kier alpha value is -1.35. The van der Waals surface area contributed by atoms with Gasteiger partial charge < -0.3 is 10.4 Å². The van der Waals surface area contributed by atoms with Crippen LogP contribution in [0.3, 0.4) is 0 Å². The summed E-state index contributed by atoms with van der Waals surface area (Å²) >= 11 is 0. The van der Waals surface area contributed by atoms with Crippen LogP contribution in [0.1, 0.15) is 66.6 Å². The molecular weight excluding hydrogens is 238 g/mol. The lowest BCUT2D eigenvalue weighted by molar-refractivity contribution is 0.0955. The monoisotopic (exact) mass is 261 g/mol. The molecule has 1 amide bonds. The predicted octanol–water partition coefficient (Wildman–Crippen LogP) is 2.98. The minimum absolute atomic E-state index is 0.00453. The third-order valence-electron chi connectivity index (χ3n) is 3.75. The van der Waals surface area contributed by atoms with Crippen LogP contribution in [-0.4, -0.2) is 17.6 Å². The first-order chi connectivity index (χ1) is 9.22. The van der Waals surface area contributed by atoms with Crippen LogP contribution in [0.2, 0.25) is 0 Å². The van der Waals surface area contributed by atoms with E-state index in [1.165, 1.54) is 0 Å². The van der Waals surface area contributed by atoms with Crippen molar-refractivity contribution in [2.75, 3.05) is 6.54 Å². The van der Waals surface area contributed by atoms with Crippen molar-refractivity contribution in [1.29, 1.82) is 0 Å². The van der Waals surface area contributed by atoms with Gasteiger partial charge in [-0.05, 0) is 36.5 Å². The fourth-order valence-corrected chi connectivity index (χ4v) is 2.56. The first-order valence-electron chi connectivity index (χ1n) is 7.31. The molecule has 1 heterocycles. The summed E-state index contributed by atoms with van der Waals surface area (Å²) < 4.78 is 0. The van der Waals surface area contributed by atoms with Gasteiger partial charge >= 0.3 is 0 Å². The summed E-state index contributed by atoms with van der Waals surface area (Å²) in [6.07, 6.45) is 5.56. The Bertz CT molecular complexity index is 442. The highest BCUT2D eigenvalue weighted by Gasteiger charge is 2.17. The second-order valence-corrected chi connectivity index (χ2v) is 5.29. The summed E-state index contributed by atoms with van der Waals surface area (Å²) in [6.45, 7) is 2.89. The number of aliphatic hydroxyl groups is 1. The molecule has 0 aromatic heterocycles. The van der Waals surface area contributed by atoms with Gasteiger partial charge in [-0.25, -0.2) is 0 Å². The van der Waals surface area contributed by atoms with Gasteiger partial charge in [0.25, 0.3) is 5.91 Å². The first kappa shape index (κ1) is 14.1. The summed E-state index contributed by atoms with van der Waals surface area (Å²) in [4.78, 5) is 11.9. The molecule has 0 aliphatic carbocycles. The van der Waals surface area contributed by atoms with E-state index in [1.54, 1.807) is 0 Å². The van der Waals surface area contributed by atoms with Crippen molar-refractivity contribution in [1.82, 2.24) is 5.32 Å². The number of unbranched alkanes of at least 4 members (excludes halogenated alkanes) is 2. The van der Waals surface area contributed by atoms with E-state index in [1.807, 2.05) is 18.2 Å². The molecule has 0 bridgehead atoms. The van der Waals surface area contributed by atoms with E-state index in [4.69, 9.17) is 0 Å². The number of carbonyl (C=O) groups is 1. The number of rotatable bonds is 5. The zero-order valence-electron chi connectivity index (χ0n) is 11.6. The quantitative estimate of drug-likeness (QED) is 0.801. The van der Waals surface area contributed by atoms with E-state index in [0.29, 0.717) is 0 Å². The molecular formula is C16H23NO2. The molecule has 0 saturated heterocycles. The van der Waals surface area contributed by atoms with E-state index < -0.39 is 6.10 Å². The average Bonchev–Trinajstić information content (AvgIpc) is 2.61. The zero-order valence-corrected chi connectivity index (χ0v) is 11.6. The topological polar surface area (TPSA) is 49.3 Å². The van der Waals surface area contributed by atoms with Gasteiger partial charge in [0.2, 0.25) is 0 Å². The van der Waals surface area contributed by atoms with Crippen LogP contribution in [0, 0.1) is 0 Å². The Morgan fingerprint density at radius 3 is 3.00 bits per heavy atom. The van der Waals surface area contributed by atoms with Crippen LogP contribution >= 0.6 is 0 Å². The molecule has 1 aromatic carbocycles. The Morgan fingerprint density at radius 1 is 1.37 bits per heavy atom. The molecule has 0 saturated carbocycles. The summed E-state index contributed by atoms with van der Waals surface area (Å²) in [6, 6.07) is 5.83. The van der Waals surface area contributed by atoms with E-state index in [0.717, 1.165) is 61.8 Å². The molecule has 0 radical (unpaired) electrons. The van der Waals surface area contributed by atoms with Gasteiger partial charge in [0.1, 0.15) is 0 Å². The molecule has 19 heavy (non-hydrogen) atoms. The number of amides is 1. The molecule has 104 valence electrons. The van der Waals surface area contributed by atoms with Gasteiger partial charge in [0.05, 0.1) is 6.10 Å². The van der Waals surface area contributed by atoms with Crippen LogP contribution in [0.15, 0.2) is 18.2 Å². The summed E-state index contributed by atoms with van der Waals surface area (Å²) in [7, 11) is 0. The van der Waals surface area contributed by atoms with Crippen LogP contribution in [0.25, 0.3) is 0 Å². The second kappa shape index (κ2) is 6.71. The summed E-state index contributed by atoms with van der Waals surface area (Å²) in [5.41, 5.74) is 2.70. The fourth-order valence-electron chi connectivity index (χ4n) is 2.56. The maximum atomic E-state index is 11.9. The molecule has 1 aromatic rings. The standard InChI is InChI=1S/C16H23NO2/c1-2-3-4-7-15(18)13-9-8-12-6-5-10-17-16(19)14(12)11-13/h8-9,11,15,18H,2-7,10H2,1H3,(H,17,19). The average molecular weight is 261 g/mol. The molecule has 1 aliphatic rings. The van der Waals surface area contributed by atoms with E-state index in [-0.39, 0.29) is 5.91 Å². The molecule has 1 atom stereocenters. The number of hydrogen-bond donors (Lipinski definition) is 2. The van der Waals surface area contributed by atoms with E-state index in [2.05, 4.69) is 12.2 Å². The highest BCUT2D eigenvalue weighted by molar-refractivity contribution is 5.96. The molecule has 1 aliphatic heterocycles. The minimum atomic E-state index is -0.451. The van der Waals surface area contributed by atoms with Crippen molar-refractivity contribution < 1.29 is 9.90 Å². The minimum Gasteiger partial charge on any atom is -0.388 e. The number of aliphatic hydroxyl groups excluding tert-OH is 1. The van der Waals surface area contributed by atoms with Gasteiger partial charge in [-0.2, -0.15) is 0 Å². The maximum Gasteiger partial charge on any atom is 0.251 e. The second-order valence-electron chi connectivity index (χ2n) is 5.29. The van der Waals surface area contributed by atoms with Crippen molar-refractivity contribution in [2.45, 2.75) is 51.6 Å². The van der Waals surface area contributed by atoms with Gasteiger partial charge in [-0.1, -0.05) is 38.3 Å². The lowest BCUT2D eigenvalue weighted by Crippen LogP contribution is -2.22. The summed E-state index contributed by atoms with van der Waals surface area (Å²) in [5.74, 6) is -0.00453. The van der Waals surface area contributed by atoms with Crippen molar-refractivity contribution in [2.24, 2.45) is 0 Å². The predicted molar refractivity (Wildman–Crippen MR) is 76.2 cm³/mol. The van der Waals surface area contributed by atoms with Crippen LogP contribution < -0.4 is 5.32 Å². The number of hydrogen-bond acceptors (Lipinski definition) is 2. The van der Waals surface area contributed by atoms with Crippen molar-refractivity contribution in [3.05, 3.63) is 34.9 Å². The van der Waals surface area contributed by atoms with E-state index >= 15 is 0 Å². The SMILES string of the molecule is CCCCCC(O)c1ccc2c(c1)C(=O)NCCC2. The fraction of sp³-hybridized carbons (Fsp3) is 0.562. The highest BCUT2D eigenvalue weighted by atomic mass is 16.3. The normalized spacial score (nSPS) is 16.4. The van der Waals surface area contributed by atoms with Crippen LogP contribution in [0.5, 0.6) is 0 Å². The van der Waals surface area contributed by atoms with Crippen LogP contribution in [-0.2, 0) is 6.42 Å². The zero-order chi connectivity index (χ0) is 13.7. The van der Waals surface area contributed by atoms with Crippen molar-refractivity contribution in [3.63, 3.8) is 0 Å². The van der Waals surface area contributed by atoms with Gasteiger partial charge in [-0.15, -0.1) is 0 Å². The summed E-state index contributed by atoms with van der Waals surface area (Å²) in [5, 5.41) is 13.1. The Balaban J connectivity index is 2.12. The Kier molecular flexibility index (Phi) is 4.97. The lowest BCUT2D eigenvalue weighted by Gasteiger charge is -2.13. The van der Waals surface area contributed by atoms with Gasteiger partial charge in [-0.3, -0.25) is 4.79 Å². The number of fused-ring (bicyclic) bond motifs is 1. The number of benzene rings is 1. The highest BCUT2D eigenvalue weighted by Crippen LogP contribution is 2.24. The van der Waals surface area contributed by atoms with Crippen LogP contribution in [0.4, 0.5) is 0 Å². The molecule has 0 spiro atoms. The molecule has 2 N–H and O–H groups in total. The molecule has 2 rings (SSSR count). The molecule has 3 nitrogen and oxygen atoms in total. The maximum absolute atomic E-state index is 11.9. The van der Waals surface area contributed by atoms with E-state index in [9.17, 15) is 9.90 Å². The smallest absolute Gasteiger partial charge is 0.251 e. The number of carbonyl (C=O) groups excluding carboxylic acids is 1. The van der Waals surface area contributed by atoms with Crippen molar-refractivity contribution >= 4 is 5.91 Å². The number of nitrogens with one attached hydrogen (secondary N) is 1. The van der Waals surface area contributed by atoms with Gasteiger partial charge in [0, 0.05) is 12.1 Å². The van der Waals surface area contributed by atoms with Crippen molar-refractivity contribution in [3.8, 4) is 0 Å². The third-order valence-corrected chi connectivity index (χ3v) is 3.75. The Labute approximate surface area is 115 Å². The lowest BCUT2D eigenvalue weighted by atomic mass is 9.96. The molecule has 1 unspecified atom stereocenters. The Morgan fingerprint density at radius 2 is 2.21 bits per heavy atom. The largest absolute Gasteiger partial charge is 0.388 e. The third kappa shape index (κ3) is 3.57. The molecule has 0 fully saturated rings. The first-order valence-corrected chi connectivity index (χ1v) is 7.31.